The second kappa shape index (κ2) is 9.60. The Balaban J connectivity index is 1.60. The van der Waals surface area contributed by atoms with Crippen molar-refractivity contribution in [1.82, 2.24) is 9.97 Å². The topological polar surface area (TPSA) is 114 Å². The molecule has 10 heteroatoms. The third kappa shape index (κ3) is 4.82. The highest BCUT2D eigenvalue weighted by molar-refractivity contribution is 6.32. The zero-order valence-corrected chi connectivity index (χ0v) is 18.5. The second-order valence-corrected chi connectivity index (χ2v) is 7.57. The number of nitro groups is 1. The predicted octanol–water partition coefficient (Wildman–Crippen LogP) is 5.92. The standard InChI is InChI=1S/C24H16ClFN4O4/c1-33-22-10-15(8-16(12-27)24-28-20-7-4-17(26)11-21(20)29-24)9-19(25)23(22)34-13-14-2-5-18(6-3-14)30(31)32/h2-11H,13H2,1H3,(H,28,29)/b16-8-. The Morgan fingerprint density at radius 1 is 1.26 bits per heavy atom. The molecule has 1 heterocycles. The van der Waals surface area contributed by atoms with Gasteiger partial charge in [-0.3, -0.25) is 10.1 Å². The lowest BCUT2D eigenvalue weighted by molar-refractivity contribution is -0.384. The largest absolute Gasteiger partial charge is 0.493 e. The number of allylic oxidation sites excluding steroid dienone is 1. The van der Waals surface area contributed by atoms with Gasteiger partial charge in [0.25, 0.3) is 5.69 Å². The van der Waals surface area contributed by atoms with Crippen molar-refractivity contribution in [1.29, 1.82) is 5.26 Å². The summed E-state index contributed by atoms with van der Waals surface area (Å²) >= 11 is 6.43. The Bertz CT molecular complexity index is 1460. The number of benzene rings is 3. The van der Waals surface area contributed by atoms with Crippen molar-refractivity contribution in [3.05, 3.63) is 92.5 Å². The molecule has 0 saturated carbocycles. The lowest BCUT2D eigenvalue weighted by Crippen LogP contribution is -1.99. The van der Waals surface area contributed by atoms with Crippen LogP contribution in [0.1, 0.15) is 17.0 Å². The number of ether oxygens (including phenoxy) is 2. The summed E-state index contributed by atoms with van der Waals surface area (Å²) in [5.41, 5.74) is 2.48. The van der Waals surface area contributed by atoms with E-state index in [9.17, 15) is 19.8 Å². The monoisotopic (exact) mass is 478 g/mol. The molecule has 0 atom stereocenters. The van der Waals surface area contributed by atoms with Crippen molar-refractivity contribution in [2.75, 3.05) is 7.11 Å². The van der Waals surface area contributed by atoms with E-state index in [1.807, 2.05) is 0 Å². The van der Waals surface area contributed by atoms with Crippen LogP contribution >= 0.6 is 11.6 Å². The van der Waals surface area contributed by atoms with Crippen molar-refractivity contribution in [3.8, 4) is 17.6 Å². The van der Waals surface area contributed by atoms with E-state index in [2.05, 4.69) is 16.0 Å². The normalized spacial score (nSPS) is 11.3. The number of nitriles is 1. The summed E-state index contributed by atoms with van der Waals surface area (Å²) in [5.74, 6) is 0.504. The summed E-state index contributed by atoms with van der Waals surface area (Å²) in [6.45, 7) is 0.113. The summed E-state index contributed by atoms with van der Waals surface area (Å²) in [6.07, 6.45) is 1.57. The number of methoxy groups -OCH3 is 1. The van der Waals surface area contributed by atoms with Gasteiger partial charge >= 0.3 is 0 Å². The minimum atomic E-state index is -0.476. The van der Waals surface area contributed by atoms with Gasteiger partial charge in [0.1, 0.15) is 24.3 Å². The molecule has 0 amide bonds. The molecule has 0 radical (unpaired) electrons. The lowest BCUT2D eigenvalue weighted by atomic mass is 10.1. The number of hydrogen-bond acceptors (Lipinski definition) is 6. The molecule has 4 rings (SSSR count). The summed E-state index contributed by atoms with van der Waals surface area (Å²) in [5, 5.41) is 20.7. The smallest absolute Gasteiger partial charge is 0.269 e. The molecular formula is C24H16ClFN4O4. The summed E-state index contributed by atoms with van der Waals surface area (Å²) in [7, 11) is 1.46. The SMILES string of the molecule is COc1cc(/C=C(/C#N)c2nc3ccc(F)cc3[nH]2)cc(Cl)c1OCc1ccc([N+](=O)[O-])cc1. The quantitative estimate of drug-likeness (QED) is 0.200. The molecule has 0 spiro atoms. The van der Waals surface area contributed by atoms with Gasteiger partial charge < -0.3 is 14.5 Å². The summed E-state index contributed by atoms with van der Waals surface area (Å²) in [4.78, 5) is 17.6. The van der Waals surface area contributed by atoms with Gasteiger partial charge in [0.05, 0.1) is 33.7 Å². The van der Waals surface area contributed by atoms with Gasteiger partial charge in [-0.15, -0.1) is 0 Å². The number of aromatic amines is 1. The van der Waals surface area contributed by atoms with Crippen molar-refractivity contribution in [2.24, 2.45) is 0 Å². The molecule has 0 bridgehead atoms. The summed E-state index contributed by atoms with van der Waals surface area (Å²) in [6, 6.07) is 15.4. The van der Waals surface area contributed by atoms with Crippen molar-refractivity contribution in [2.45, 2.75) is 6.61 Å². The highest BCUT2D eigenvalue weighted by Crippen LogP contribution is 2.38. The fourth-order valence-corrected chi connectivity index (χ4v) is 3.54. The van der Waals surface area contributed by atoms with E-state index in [-0.39, 0.29) is 34.5 Å². The van der Waals surface area contributed by atoms with Crippen LogP contribution in [0, 0.1) is 27.3 Å². The molecule has 0 unspecified atom stereocenters. The van der Waals surface area contributed by atoms with E-state index in [0.717, 1.165) is 0 Å². The van der Waals surface area contributed by atoms with Gasteiger partial charge in [0, 0.05) is 12.1 Å². The first-order chi connectivity index (χ1) is 16.4. The average Bonchev–Trinajstić information content (AvgIpc) is 3.24. The first-order valence-corrected chi connectivity index (χ1v) is 10.3. The molecule has 1 aromatic heterocycles. The van der Waals surface area contributed by atoms with Crippen LogP contribution in [0.15, 0.2) is 54.6 Å². The van der Waals surface area contributed by atoms with E-state index in [1.54, 1.807) is 30.3 Å². The lowest BCUT2D eigenvalue weighted by Gasteiger charge is -2.13. The number of hydrogen-bond donors (Lipinski definition) is 1. The molecule has 0 aliphatic carbocycles. The molecule has 34 heavy (non-hydrogen) atoms. The molecule has 8 nitrogen and oxygen atoms in total. The van der Waals surface area contributed by atoms with Gasteiger partial charge in [-0.25, -0.2) is 9.37 Å². The van der Waals surface area contributed by atoms with E-state index >= 15 is 0 Å². The Morgan fingerprint density at radius 2 is 2.03 bits per heavy atom. The third-order valence-corrected chi connectivity index (χ3v) is 5.19. The minimum absolute atomic E-state index is 0.0154. The molecule has 4 aromatic rings. The fourth-order valence-electron chi connectivity index (χ4n) is 3.26. The molecule has 170 valence electrons. The second-order valence-electron chi connectivity index (χ2n) is 7.16. The summed E-state index contributed by atoms with van der Waals surface area (Å²) < 4.78 is 24.7. The molecule has 0 aliphatic rings. The van der Waals surface area contributed by atoms with Crippen LogP contribution in [-0.4, -0.2) is 22.0 Å². The number of rotatable bonds is 7. The minimum Gasteiger partial charge on any atom is -0.493 e. The van der Waals surface area contributed by atoms with Crippen molar-refractivity contribution in [3.63, 3.8) is 0 Å². The molecule has 0 fully saturated rings. The molecule has 0 aliphatic heterocycles. The molecule has 3 aromatic carbocycles. The van der Waals surface area contributed by atoms with E-state index < -0.39 is 10.7 Å². The number of imidazole rings is 1. The average molecular weight is 479 g/mol. The fraction of sp³-hybridized carbons (Fsp3) is 0.0833. The Morgan fingerprint density at radius 3 is 2.71 bits per heavy atom. The highest BCUT2D eigenvalue weighted by atomic mass is 35.5. The predicted molar refractivity (Wildman–Crippen MR) is 125 cm³/mol. The number of non-ortho nitro benzene ring substituents is 1. The van der Waals surface area contributed by atoms with Crippen LogP contribution in [0.5, 0.6) is 11.5 Å². The number of fused-ring (bicyclic) bond motifs is 1. The van der Waals surface area contributed by atoms with E-state index in [1.165, 1.54) is 37.4 Å². The number of nitrogens with zero attached hydrogens (tertiary/aromatic N) is 3. The zero-order chi connectivity index (χ0) is 24.2. The first kappa shape index (κ1) is 22.8. The first-order valence-electron chi connectivity index (χ1n) is 9.89. The van der Waals surface area contributed by atoms with Crippen LogP contribution in [-0.2, 0) is 6.61 Å². The number of H-pyrrole nitrogens is 1. The number of nitro benzene ring substituents is 1. The Hall–Kier alpha value is -4.42. The van der Waals surface area contributed by atoms with Crippen molar-refractivity contribution < 1.29 is 18.8 Å². The van der Waals surface area contributed by atoms with Crippen LogP contribution in [0.25, 0.3) is 22.7 Å². The number of nitrogens with one attached hydrogen (secondary N) is 1. The maximum atomic E-state index is 13.5. The van der Waals surface area contributed by atoms with Gasteiger partial charge in [-0.1, -0.05) is 11.6 Å². The third-order valence-electron chi connectivity index (χ3n) is 4.91. The van der Waals surface area contributed by atoms with Crippen LogP contribution in [0.4, 0.5) is 10.1 Å². The van der Waals surface area contributed by atoms with Gasteiger partial charge in [-0.05, 0) is 59.7 Å². The maximum absolute atomic E-state index is 13.5. The van der Waals surface area contributed by atoms with E-state index in [4.69, 9.17) is 21.1 Å². The van der Waals surface area contributed by atoms with Crippen LogP contribution in [0.3, 0.4) is 0 Å². The molecular weight excluding hydrogens is 463 g/mol. The maximum Gasteiger partial charge on any atom is 0.269 e. The van der Waals surface area contributed by atoms with Crippen LogP contribution in [0.2, 0.25) is 5.02 Å². The van der Waals surface area contributed by atoms with Gasteiger partial charge in [-0.2, -0.15) is 5.26 Å². The zero-order valence-electron chi connectivity index (χ0n) is 17.7. The van der Waals surface area contributed by atoms with Gasteiger partial charge in [0.15, 0.2) is 11.5 Å². The Labute approximate surface area is 198 Å². The number of halogens is 2. The van der Waals surface area contributed by atoms with Gasteiger partial charge in [0.2, 0.25) is 0 Å². The van der Waals surface area contributed by atoms with Crippen molar-refractivity contribution >= 4 is 40.0 Å². The Kier molecular flexibility index (Phi) is 6.43. The van der Waals surface area contributed by atoms with E-state index in [0.29, 0.717) is 27.9 Å². The molecule has 0 saturated heterocycles. The highest BCUT2D eigenvalue weighted by Gasteiger charge is 2.14. The number of aromatic nitrogens is 2. The molecule has 1 N–H and O–H groups in total. The van der Waals surface area contributed by atoms with Crippen LogP contribution < -0.4 is 9.47 Å².